The molecule has 2 aromatic rings. The number of hydrogen-bond donors (Lipinski definition) is 0. The van der Waals surface area contributed by atoms with Crippen LogP contribution in [-0.4, -0.2) is 9.97 Å². The molecular weight excluding hydrogens is 304 g/mol. The molecule has 2 heteroatoms. The molecule has 0 saturated heterocycles. The Morgan fingerprint density at radius 1 is 1.12 bits per heavy atom. The van der Waals surface area contributed by atoms with Gasteiger partial charge in [-0.3, -0.25) is 9.97 Å². The van der Waals surface area contributed by atoms with E-state index in [1.807, 2.05) is 45.2 Å². The second kappa shape index (κ2) is 11.4. The third kappa shape index (κ3) is 6.66. The lowest BCUT2D eigenvalue weighted by atomic mass is 10.0. The standard InChI is InChI=1S/C21H26N2.C2H6/c1-5-8-18(9-6-2)12-13-19-14-20(15-22-17(19)4)21-11-7-10-16(3)23-21;1-2/h7-8,10-15H,5-6,9H2,1-4H3;1-2H3/b13-12+,18-8+;. The minimum atomic E-state index is 0.977. The second-order valence-electron chi connectivity index (χ2n) is 5.83. The Bertz CT molecular complexity index is 712. The molecule has 2 aromatic heterocycles. The molecule has 0 N–H and O–H groups in total. The van der Waals surface area contributed by atoms with E-state index in [4.69, 9.17) is 0 Å². The van der Waals surface area contributed by atoms with Gasteiger partial charge in [-0.1, -0.05) is 64.0 Å². The van der Waals surface area contributed by atoms with Gasteiger partial charge in [-0.05, 0) is 50.5 Å². The Hall–Kier alpha value is -2.22. The summed E-state index contributed by atoms with van der Waals surface area (Å²) in [5.74, 6) is 0. The Labute approximate surface area is 153 Å². The van der Waals surface area contributed by atoms with Crippen LogP contribution in [0.1, 0.15) is 63.9 Å². The summed E-state index contributed by atoms with van der Waals surface area (Å²) in [6.07, 6.45) is 12.0. The van der Waals surface area contributed by atoms with E-state index in [2.05, 4.69) is 55.0 Å². The minimum absolute atomic E-state index is 0.977. The van der Waals surface area contributed by atoms with Gasteiger partial charge in [0.25, 0.3) is 0 Å². The molecule has 0 aromatic carbocycles. The van der Waals surface area contributed by atoms with E-state index in [1.165, 1.54) is 12.0 Å². The zero-order chi connectivity index (χ0) is 18.7. The summed E-state index contributed by atoms with van der Waals surface area (Å²) < 4.78 is 0. The molecule has 0 aliphatic heterocycles. The molecule has 0 spiro atoms. The third-order valence-electron chi connectivity index (χ3n) is 3.79. The fourth-order valence-corrected chi connectivity index (χ4v) is 2.56. The van der Waals surface area contributed by atoms with Crippen LogP contribution < -0.4 is 0 Å². The minimum Gasteiger partial charge on any atom is -0.260 e. The average Bonchev–Trinajstić information content (AvgIpc) is 2.63. The summed E-state index contributed by atoms with van der Waals surface area (Å²) in [6.45, 7) is 12.5. The zero-order valence-corrected chi connectivity index (χ0v) is 16.6. The Balaban J connectivity index is 0.00000151. The summed E-state index contributed by atoms with van der Waals surface area (Å²) in [7, 11) is 0. The molecule has 2 rings (SSSR count). The monoisotopic (exact) mass is 336 g/mol. The van der Waals surface area contributed by atoms with Crippen molar-refractivity contribution in [2.24, 2.45) is 0 Å². The highest BCUT2D eigenvalue weighted by molar-refractivity contribution is 5.65. The number of aryl methyl sites for hydroxylation is 2. The van der Waals surface area contributed by atoms with E-state index in [9.17, 15) is 0 Å². The lowest BCUT2D eigenvalue weighted by molar-refractivity contribution is 0.918. The summed E-state index contributed by atoms with van der Waals surface area (Å²) in [5, 5.41) is 0. The summed E-state index contributed by atoms with van der Waals surface area (Å²) >= 11 is 0. The molecular formula is C23H32N2. The third-order valence-corrected chi connectivity index (χ3v) is 3.79. The molecule has 0 fully saturated rings. The molecule has 0 bridgehead atoms. The van der Waals surface area contributed by atoms with Crippen LogP contribution in [0.4, 0.5) is 0 Å². The Morgan fingerprint density at radius 3 is 2.52 bits per heavy atom. The van der Waals surface area contributed by atoms with Crippen LogP contribution >= 0.6 is 0 Å². The van der Waals surface area contributed by atoms with Gasteiger partial charge in [0.1, 0.15) is 0 Å². The molecule has 134 valence electrons. The van der Waals surface area contributed by atoms with Crippen LogP contribution in [0.25, 0.3) is 17.3 Å². The van der Waals surface area contributed by atoms with Crippen molar-refractivity contribution in [3.05, 3.63) is 65.1 Å². The van der Waals surface area contributed by atoms with Crippen LogP contribution in [0.5, 0.6) is 0 Å². The molecule has 0 saturated carbocycles. The molecule has 0 radical (unpaired) electrons. The summed E-state index contributed by atoms with van der Waals surface area (Å²) in [5.41, 5.74) is 6.67. The topological polar surface area (TPSA) is 25.8 Å². The number of nitrogens with zero attached hydrogens (tertiary/aromatic N) is 2. The highest BCUT2D eigenvalue weighted by Crippen LogP contribution is 2.21. The highest BCUT2D eigenvalue weighted by Gasteiger charge is 2.04. The summed E-state index contributed by atoms with van der Waals surface area (Å²) in [4.78, 5) is 9.14. The molecule has 0 amide bonds. The van der Waals surface area contributed by atoms with Crippen LogP contribution in [0.15, 0.2) is 48.2 Å². The van der Waals surface area contributed by atoms with Crippen molar-refractivity contribution in [1.29, 1.82) is 0 Å². The smallest absolute Gasteiger partial charge is 0.0720 e. The van der Waals surface area contributed by atoms with Crippen LogP contribution in [0.2, 0.25) is 0 Å². The number of aromatic nitrogens is 2. The average molecular weight is 337 g/mol. The van der Waals surface area contributed by atoms with E-state index < -0.39 is 0 Å². The highest BCUT2D eigenvalue weighted by atomic mass is 14.7. The molecule has 25 heavy (non-hydrogen) atoms. The number of allylic oxidation sites excluding steroid dienone is 3. The van der Waals surface area contributed by atoms with Crippen LogP contribution in [0, 0.1) is 13.8 Å². The first-order valence-electron chi connectivity index (χ1n) is 9.41. The van der Waals surface area contributed by atoms with Gasteiger partial charge in [0, 0.05) is 23.1 Å². The van der Waals surface area contributed by atoms with Crippen molar-refractivity contribution in [2.75, 3.05) is 0 Å². The van der Waals surface area contributed by atoms with Crippen molar-refractivity contribution in [1.82, 2.24) is 9.97 Å². The molecule has 0 unspecified atom stereocenters. The van der Waals surface area contributed by atoms with Crippen molar-refractivity contribution < 1.29 is 0 Å². The first-order chi connectivity index (χ1) is 12.1. The van der Waals surface area contributed by atoms with E-state index in [0.717, 1.165) is 41.1 Å². The van der Waals surface area contributed by atoms with E-state index >= 15 is 0 Å². The van der Waals surface area contributed by atoms with E-state index in [1.54, 1.807) is 0 Å². The van der Waals surface area contributed by atoms with Crippen LogP contribution in [-0.2, 0) is 0 Å². The molecule has 0 atom stereocenters. The van der Waals surface area contributed by atoms with E-state index in [-0.39, 0.29) is 0 Å². The van der Waals surface area contributed by atoms with Crippen molar-refractivity contribution >= 4 is 6.08 Å². The van der Waals surface area contributed by atoms with Crippen molar-refractivity contribution in [3.63, 3.8) is 0 Å². The first kappa shape index (κ1) is 20.8. The maximum absolute atomic E-state index is 4.59. The first-order valence-corrected chi connectivity index (χ1v) is 9.41. The largest absolute Gasteiger partial charge is 0.260 e. The van der Waals surface area contributed by atoms with Crippen molar-refractivity contribution in [2.45, 2.75) is 60.8 Å². The zero-order valence-electron chi connectivity index (χ0n) is 16.6. The predicted octanol–water partition coefficient (Wildman–Crippen LogP) is 6.94. The van der Waals surface area contributed by atoms with Gasteiger partial charge in [0.2, 0.25) is 0 Å². The van der Waals surface area contributed by atoms with Crippen LogP contribution in [0.3, 0.4) is 0 Å². The van der Waals surface area contributed by atoms with Gasteiger partial charge >= 0.3 is 0 Å². The van der Waals surface area contributed by atoms with Gasteiger partial charge in [-0.15, -0.1) is 0 Å². The Kier molecular flexibility index (Phi) is 9.46. The second-order valence-corrected chi connectivity index (χ2v) is 5.83. The molecule has 0 aliphatic rings. The van der Waals surface area contributed by atoms with Gasteiger partial charge in [0.15, 0.2) is 0 Å². The van der Waals surface area contributed by atoms with E-state index in [0.29, 0.717) is 0 Å². The molecule has 2 heterocycles. The van der Waals surface area contributed by atoms with Gasteiger partial charge < -0.3 is 0 Å². The van der Waals surface area contributed by atoms with Crippen molar-refractivity contribution in [3.8, 4) is 11.3 Å². The van der Waals surface area contributed by atoms with Gasteiger partial charge in [-0.25, -0.2) is 0 Å². The molecule has 0 aliphatic carbocycles. The molecule has 2 nitrogen and oxygen atoms in total. The normalized spacial score (nSPS) is 11.4. The maximum atomic E-state index is 4.59. The summed E-state index contributed by atoms with van der Waals surface area (Å²) in [6, 6.07) is 8.26. The Morgan fingerprint density at radius 2 is 1.88 bits per heavy atom. The lowest BCUT2D eigenvalue weighted by Crippen LogP contribution is -1.91. The predicted molar refractivity (Wildman–Crippen MR) is 111 cm³/mol. The number of rotatable bonds is 6. The fraction of sp³-hybridized carbons (Fsp3) is 0.391. The number of hydrogen-bond acceptors (Lipinski definition) is 2. The lowest BCUT2D eigenvalue weighted by Gasteiger charge is -2.06. The number of pyridine rings is 2. The van der Waals surface area contributed by atoms with Gasteiger partial charge in [-0.2, -0.15) is 0 Å². The fourth-order valence-electron chi connectivity index (χ4n) is 2.56. The quantitative estimate of drug-likeness (QED) is 0.534. The van der Waals surface area contributed by atoms with Gasteiger partial charge in [0.05, 0.1) is 5.69 Å². The SMILES string of the molecule is CC.CC/C=C(/C=C/c1cc(-c2cccc(C)n2)cnc1C)CCC. The maximum Gasteiger partial charge on any atom is 0.0720 e.